The summed E-state index contributed by atoms with van der Waals surface area (Å²) < 4.78 is 135. The summed E-state index contributed by atoms with van der Waals surface area (Å²) >= 11 is 0. The molecule has 1 N–H and O–H groups in total. The Bertz CT molecular complexity index is 2430. The number of anilines is 1. The molecule has 2 aromatic heterocycles. The number of fused-ring (bicyclic) bond motifs is 1. The molecular formula is C47H54F6N7O9P. The van der Waals surface area contributed by atoms with Gasteiger partial charge in [-0.05, 0) is 68.7 Å². The summed E-state index contributed by atoms with van der Waals surface area (Å²) in [5, 5.41) is 12.1. The van der Waals surface area contributed by atoms with Crippen LogP contribution in [-0.4, -0.2) is 114 Å². The number of alkyl halides is 6. The molecule has 1 saturated heterocycles. The van der Waals surface area contributed by atoms with Crippen LogP contribution in [0.3, 0.4) is 0 Å². The largest absolute Gasteiger partial charge is 0.497 e. The predicted octanol–water partition coefficient (Wildman–Crippen LogP) is 9.47. The molecule has 5 aromatic rings. The van der Waals surface area contributed by atoms with E-state index >= 15 is 0 Å². The Morgan fingerprint density at radius 1 is 0.857 bits per heavy atom. The number of aromatic nitrogens is 4. The van der Waals surface area contributed by atoms with E-state index in [1.54, 1.807) is 24.3 Å². The van der Waals surface area contributed by atoms with Crippen molar-refractivity contribution in [3.63, 3.8) is 0 Å². The molecule has 23 heteroatoms. The Hall–Kier alpha value is -5.50. The summed E-state index contributed by atoms with van der Waals surface area (Å²) in [5.41, 5.74) is 0.768. The number of nitrogens with zero attached hydrogens (tertiary/aromatic N) is 6. The Labute approximate surface area is 402 Å². The fraction of sp³-hybridized carbons (Fsp3) is 0.468. The van der Waals surface area contributed by atoms with Gasteiger partial charge in [0, 0.05) is 19.0 Å². The van der Waals surface area contributed by atoms with Crippen molar-refractivity contribution in [3.8, 4) is 17.6 Å². The van der Waals surface area contributed by atoms with Crippen molar-refractivity contribution in [1.29, 1.82) is 5.26 Å². The fourth-order valence-electron chi connectivity index (χ4n) is 8.01. The first-order chi connectivity index (χ1) is 33.3. The zero-order valence-corrected chi connectivity index (χ0v) is 40.2. The van der Waals surface area contributed by atoms with E-state index in [1.807, 2.05) is 87.0 Å². The molecule has 0 radical (unpaired) electrons. The van der Waals surface area contributed by atoms with Crippen molar-refractivity contribution >= 4 is 31.4 Å². The van der Waals surface area contributed by atoms with E-state index in [0.717, 1.165) is 6.33 Å². The van der Waals surface area contributed by atoms with E-state index < -0.39 is 76.2 Å². The zero-order valence-electron chi connectivity index (χ0n) is 39.3. The average Bonchev–Trinajstić information content (AvgIpc) is 3.90. The Morgan fingerprint density at radius 3 is 1.97 bits per heavy atom. The van der Waals surface area contributed by atoms with E-state index in [1.165, 1.54) is 32.0 Å². The molecule has 16 nitrogen and oxygen atoms in total. The number of carbonyl (C=O) groups excluding carboxylic acids is 1. The lowest BCUT2D eigenvalue weighted by atomic mass is 9.80. The van der Waals surface area contributed by atoms with Crippen LogP contribution in [0.1, 0.15) is 64.0 Å². The van der Waals surface area contributed by atoms with Gasteiger partial charge in [-0.3, -0.25) is 9.36 Å². The maximum absolute atomic E-state index is 13.7. The van der Waals surface area contributed by atoms with E-state index in [4.69, 9.17) is 37.5 Å². The van der Waals surface area contributed by atoms with Crippen LogP contribution in [0.2, 0.25) is 0 Å². The maximum atomic E-state index is 13.7. The Morgan fingerprint density at radius 2 is 1.44 bits per heavy atom. The predicted molar refractivity (Wildman–Crippen MR) is 243 cm³/mol. The number of benzene rings is 3. The van der Waals surface area contributed by atoms with Crippen LogP contribution in [-0.2, 0) is 38.4 Å². The molecule has 2 unspecified atom stereocenters. The summed E-state index contributed by atoms with van der Waals surface area (Å²) in [6.45, 7) is 5.58. The molecule has 5 atom stereocenters. The standard InChI is InChI=1S/C47H54F6N7O9P/c1-29(2)60(30(3)4)70(67-23-11-22-54)69-40-37(24-66-45(32-12-9-8-10-13-32,33-14-18-35(62-6)19-15-33)34-16-20-36(63-7)21-17-34)68-44(41(40)65-28-64-25-38(46(48,49)50)47(51,52)53)59-27-57-39-42(58-31(5)61)55-26-56-43(39)59/h8-10,12-21,26-27,29-30,37-38,40-41,44H,11,23-25,28H2,1-7H3,(H,55,56,58,61)/t37-,40?,41+,44-,70?/m1/s1. The number of amides is 1. The van der Waals surface area contributed by atoms with Crippen molar-refractivity contribution in [2.75, 3.05) is 46.1 Å². The molecule has 3 aromatic carbocycles. The molecule has 1 aliphatic rings. The van der Waals surface area contributed by atoms with Gasteiger partial charge in [-0.25, -0.2) is 19.6 Å². The van der Waals surface area contributed by atoms with Crippen molar-refractivity contribution in [1.82, 2.24) is 24.2 Å². The highest BCUT2D eigenvalue weighted by molar-refractivity contribution is 7.44. The molecule has 3 heterocycles. The molecule has 0 spiro atoms. The van der Waals surface area contributed by atoms with Crippen LogP contribution in [0.4, 0.5) is 32.2 Å². The average molecular weight is 1010 g/mol. The lowest BCUT2D eigenvalue weighted by molar-refractivity contribution is -0.299. The highest BCUT2D eigenvalue weighted by Gasteiger charge is 2.57. The van der Waals surface area contributed by atoms with Gasteiger partial charge < -0.3 is 42.8 Å². The van der Waals surface area contributed by atoms with Gasteiger partial charge in [0.1, 0.15) is 48.5 Å². The quantitative estimate of drug-likeness (QED) is 0.0215. The SMILES string of the molecule is COc1ccc(C(OC[C@H]2O[C@@H](n3cnc4c(NC(C)=O)ncnc43)[C@@H](OCOCC(C(F)(F)F)C(F)(F)F)C2OP(OCCC#N)N(C(C)C)C(C)C)(c2ccccc2)c2ccc(OC)cc2)cc1. The van der Waals surface area contributed by atoms with Crippen molar-refractivity contribution in [2.24, 2.45) is 5.92 Å². The highest BCUT2D eigenvalue weighted by atomic mass is 31.2. The van der Waals surface area contributed by atoms with E-state index in [0.29, 0.717) is 28.2 Å². The monoisotopic (exact) mass is 1010 g/mol. The number of rotatable bonds is 23. The fourth-order valence-corrected chi connectivity index (χ4v) is 9.78. The summed E-state index contributed by atoms with van der Waals surface area (Å²) in [6, 6.07) is 25.4. The molecule has 0 aliphatic carbocycles. The van der Waals surface area contributed by atoms with Gasteiger partial charge in [0.2, 0.25) is 5.91 Å². The van der Waals surface area contributed by atoms with Crippen LogP contribution >= 0.6 is 8.53 Å². The molecule has 378 valence electrons. The van der Waals surface area contributed by atoms with Crippen LogP contribution in [0.25, 0.3) is 11.2 Å². The normalized spacial score (nSPS) is 18.2. The topological polar surface area (TPSA) is 174 Å². The first-order valence-corrected chi connectivity index (χ1v) is 23.1. The number of ether oxygens (including phenoxy) is 6. The van der Waals surface area contributed by atoms with Gasteiger partial charge in [0.15, 0.2) is 29.1 Å². The summed E-state index contributed by atoms with van der Waals surface area (Å²) in [5.74, 6) is -3.11. The van der Waals surface area contributed by atoms with Gasteiger partial charge >= 0.3 is 12.4 Å². The number of methoxy groups -OCH3 is 2. The van der Waals surface area contributed by atoms with Crippen molar-refractivity contribution in [2.45, 2.75) is 95.6 Å². The summed E-state index contributed by atoms with van der Waals surface area (Å²) in [4.78, 5) is 25.2. The van der Waals surface area contributed by atoms with Gasteiger partial charge in [0.05, 0.1) is 52.9 Å². The van der Waals surface area contributed by atoms with Crippen LogP contribution in [0.5, 0.6) is 11.5 Å². The highest BCUT2D eigenvalue weighted by Crippen LogP contribution is 2.52. The lowest BCUT2D eigenvalue weighted by Crippen LogP contribution is -2.43. The first-order valence-electron chi connectivity index (χ1n) is 22.0. The lowest BCUT2D eigenvalue weighted by Gasteiger charge is -2.39. The van der Waals surface area contributed by atoms with Crippen LogP contribution in [0, 0.1) is 17.2 Å². The third kappa shape index (κ3) is 12.5. The minimum Gasteiger partial charge on any atom is -0.497 e. The molecule has 70 heavy (non-hydrogen) atoms. The number of nitriles is 1. The molecule has 0 saturated carbocycles. The molecule has 1 fully saturated rings. The number of nitrogens with one attached hydrogen (secondary N) is 1. The number of hydrogen-bond donors (Lipinski definition) is 1. The first kappa shape index (κ1) is 53.8. The Kier molecular flexibility index (Phi) is 18.2. The molecular weight excluding hydrogens is 952 g/mol. The third-order valence-corrected chi connectivity index (χ3v) is 13.3. The third-order valence-electron chi connectivity index (χ3n) is 11.1. The maximum Gasteiger partial charge on any atom is 0.402 e. The smallest absolute Gasteiger partial charge is 0.402 e. The number of hydrogen-bond acceptors (Lipinski definition) is 14. The van der Waals surface area contributed by atoms with Gasteiger partial charge in [-0.2, -0.15) is 31.6 Å². The minimum atomic E-state index is -5.68. The second-order valence-corrected chi connectivity index (χ2v) is 17.9. The molecule has 1 aliphatic heterocycles. The summed E-state index contributed by atoms with van der Waals surface area (Å²) in [7, 11) is 0.933. The van der Waals surface area contributed by atoms with Crippen LogP contribution in [0.15, 0.2) is 91.5 Å². The van der Waals surface area contributed by atoms with Crippen molar-refractivity contribution in [3.05, 3.63) is 108 Å². The molecule has 0 bridgehead atoms. The Balaban J connectivity index is 1.53. The number of halogens is 6. The zero-order chi connectivity index (χ0) is 50.8. The van der Waals surface area contributed by atoms with Crippen molar-refractivity contribution < 1.29 is 68.6 Å². The minimum absolute atomic E-state index is 0.0173. The second-order valence-electron chi connectivity index (χ2n) is 16.5. The van der Waals surface area contributed by atoms with E-state index in [9.17, 15) is 36.4 Å². The number of imidazole rings is 1. The summed E-state index contributed by atoms with van der Waals surface area (Å²) in [6.07, 6.45) is -14.3. The molecule has 1 amide bonds. The molecule has 6 rings (SSSR count). The van der Waals surface area contributed by atoms with Gasteiger partial charge in [-0.1, -0.05) is 54.6 Å². The van der Waals surface area contributed by atoms with E-state index in [2.05, 4.69) is 26.3 Å². The van der Waals surface area contributed by atoms with Gasteiger partial charge in [-0.15, -0.1) is 0 Å². The second kappa shape index (κ2) is 23.6. The van der Waals surface area contributed by atoms with Crippen LogP contribution < -0.4 is 14.8 Å². The number of carbonyl (C=O) groups is 1. The van der Waals surface area contributed by atoms with E-state index in [-0.39, 0.29) is 48.7 Å². The van der Waals surface area contributed by atoms with Gasteiger partial charge in [0.25, 0.3) is 8.53 Å².